The maximum atomic E-state index is 13.2. The fourth-order valence-corrected chi connectivity index (χ4v) is 1.95. The molecule has 0 amide bonds. The van der Waals surface area contributed by atoms with Crippen LogP contribution in [0.3, 0.4) is 0 Å². The minimum absolute atomic E-state index is 0.613. The first-order chi connectivity index (χ1) is 12.1. The van der Waals surface area contributed by atoms with Crippen molar-refractivity contribution in [2.45, 2.75) is 19.2 Å². The Labute approximate surface area is 144 Å². The zero-order chi connectivity index (χ0) is 19.5. The molecule has 0 fully saturated rings. The fraction of sp³-hybridized carbons (Fsp3) is 0.188. The molecule has 2 aromatic carbocycles. The van der Waals surface area contributed by atoms with Gasteiger partial charge in [-0.05, 0) is 25.1 Å². The van der Waals surface area contributed by atoms with Crippen LogP contribution in [0, 0.1) is 15.9 Å². The summed E-state index contributed by atoms with van der Waals surface area (Å²) in [5, 5.41) is 10.9. The number of nitro benzene ring substituents is 1. The second-order valence-electron chi connectivity index (χ2n) is 5.04. The van der Waals surface area contributed by atoms with Crippen LogP contribution in [0.25, 0.3) is 0 Å². The predicted molar refractivity (Wildman–Crippen MR) is 80.2 cm³/mol. The van der Waals surface area contributed by atoms with E-state index in [0.29, 0.717) is 6.07 Å². The normalized spacial score (nSPS) is 12.3. The third-order valence-corrected chi connectivity index (χ3v) is 3.16. The number of ether oxygens (including phenoxy) is 2. The number of halogens is 4. The molecule has 0 saturated carbocycles. The number of carbonyl (C=O) groups is 1. The number of hydrogen-bond donors (Lipinski definition) is 0. The van der Waals surface area contributed by atoms with Gasteiger partial charge in [0.1, 0.15) is 11.6 Å². The minimum atomic E-state index is -4.71. The average Bonchev–Trinajstić information content (AvgIpc) is 2.54. The van der Waals surface area contributed by atoms with Crippen molar-refractivity contribution in [3.63, 3.8) is 0 Å². The van der Waals surface area contributed by atoms with Crippen molar-refractivity contribution < 1.29 is 36.8 Å². The third kappa shape index (κ3) is 4.47. The highest BCUT2D eigenvalue weighted by molar-refractivity contribution is 5.78. The number of benzene rings is 2. The van der Waals surface area contributed by atoms with Crippen LogP contribution in [0.15, 0.2) is 42.5 Å². The average molecular weight is 373 g/mol. The number of carbonyl (C=O) groups excluding carboxylic acids is 1. The van der Waals surface area contributed by atoms with E-state index in [1.54, 1.807) is 0 Å². The smallest absolute Gasteiger partial charge is 0.419 e. The van der Waals surface area contributed by atoms with Crippen LogP contribution in [0.4, 0.5) is 23.2 Å². The summed E-state index contributed by atoms with van der Waals surface area (Å²) in [5.41, 5.74) is -1.78. The number of nitro groups is 1. The number of esters is 1. The highest BCUT2D eigenvalue weighted by Gasteiger charge is 2.35. The first kappa shape index (κ1) is 19.2. The first-order valence-corrected chi connectivity index (χ1v) is 7.08. The lowest BCUT2D eigenvalue weighted by molar-refractivity contribution is -0.385. The topological polar surface area (TPSA) is 78.7 Å². The molecule has 0 N–H and O–H groups in total. The molecule has 10 heteroatoms. The molecule has 0 aliphatic heterocycles. The number of rotatable bonds is 5. The molecule has 26 heavy (non-hydrogen) atoms. The van der Waals surface area contributed by atoms with E-state index in [0.717, 1.165) is 37.3 Å². The van der Waals surface area contributed by atoms with Crippen molar-refractivity contribution in [2.75, 3.05) is 0 Å². The molecule has 0 aliphatic carbocycles. The Kier molecular flexibility index (Phi) is 5.44. The van der Waals surface area contributed by atoms with Gasteiger partial charge in [0, 0.05) is 12.1 Å². The number of nitrogens with zero attached hydrogens (tertiary/aromatic N) is 1. The SMILES string of the molecule is CC(Oc1ccccc1C(F)(F)F)C(=O)Oc1cc(F)ccc1[N+](=O)[O-]. The van der Waals surface area contributed by atoms with E-state index in [1.165, 1.54) is 6.07 Å². The van der Waals surface area contributed by atoms with Gasteiger partial charge in [-0.25, -0.2) is 9.18 Å². The van der Waals surface area contributed by atoms with Crippen LogP contribution in [0.1, 0.15) is 12.5 Å². The molecule has 0 radical (unpaired) electrons. The molecular formula is C16H11F4NO5. The number of alkyl halides is 3. The molecule has 2 rings (SSSR count). The summed E-state index contributed by atoms with van der Waals surface area (Å²) in [5.74, 6) is -3.41. The Hall–Kier alpha value is -3.17. The van der Waals surface area contributed by atoms with Gasteiger partial charge in [-0.2, -0.15) is 13.2 Å². The Bertz CT molecular complexity index is 838. The van der Waals surface area contributed by atoms with E-state index in [4.69, 9.17) is 9.47 Å². The van der Waals surface area contributed by atoms with Crippen molar-refractivity contribution in [2.24, 2.45) is 0 Å². The van der Waals surface area contributed by atoms with Crippen molar-refractivity contribution >= 4 is 11.7 Å². The summed E-state index contributed by atoms with van der Waals surface area (Å²) in [6, 6.07) is 6.42. The number of para-hydroxylation sites is 1. The highest BCUT2D eigenvalue weighted by atomic mass is 19.4. The van der Waals surface area contributed by atoms with Crippen LogP contribution in [0.5, 0.6) is 11.5 Å². The summed E-state index contributed by atoms with van der Waals surface area (Å²) in [4.78, 5) is 22.0. The monoisotopic (exact) mass is 373 g/mol. The molecule has 1 atom stereocenters. The Morgan fingerprint density at radius 1 is 1.15 bits per heavy atom. The van der Waals surface area contributed by atoms with E-state index < -0.39 is 51.7 Å². The van der Waals surface area contributed by atoms with E-state index in [-0.39, 0.29) is 0 Å². The first-order valence-electron chi connectivity index (χ1n) is 7.08. The maximum absolute atomic E-state index is 13.2. The van der Waals surface area contributed by atoms with Gasteiger partial charge in [0.05, 0.1) is 10.5 Å². The lowest BCUT2D eigenvalue weighted by Gasteiger charge is -2.17. The molecule has 0 aliphatic rings. The van der Waals surface area contributed by atoms with Gasteiger partial charge >= 0.3 is 17.8 Å². The van der Waals surface area contributed by atoms with Crippen molar-refractivity contribution in [3.05, 3.63) is 64.0 Å². The Morgan fingerprint density at radius 3 is 2.42 bits per heavy atom. The summed E-state index contributed by atoms with van der Waals surface area (Å²) < 4.78 is 61.7. The van der Waals surface area contributed by atoms with Crippen LogP contribution in [-0.4, -0.2) is 17.0 Å². The van der Waals surface area contributed by atoms with Crippen LogP contribution < -0.4 is 9.47 Å². The van der Waals surface area contributed by atoms with E-state index in [9.17, 15) is 32.5 Å². The quantitative estimate of drug-likeness (QED) is 0.259. The predicted octanol–water partition coefficient (Wildman–Crippen LogP) is 4.13. The van der Waals surface area contributed by atoms with Gasteiger partial charge in [-0.1, -0.05) is 12.1 Å². The lowest BCUT2D eigenvalue weighted by Crippen LogP contribution is -2.29. The summed E-state index contributed by atoms with van der Waals surface area (Å²) in [7, 11) is 0. The standard InChI is InChI=1S/C16H11F4NO5/c1-9(25-13-5-3-2-4-11(13)16(18,19)20)15(22)26-14-8-10(17)6-7-12(14)21(23)24/h2-9H,1H3. The second-order valence-corrected chi connectivity index (χ2v) is 5.04. The van der Waals surface area contributed by atoms with Gasteiger partial charge in [0.15, 0.2) is 6.10 Å². The molecule has 138 valence electrons. The van der Waals surface area contributed by atoms with Gasteiger partial charge in [-0.15, -0.1) is 0 Å². The Morgan fingerprint density at radius 2 is 1.81 bits per heavy atom. The van der Waals surface area contributed by atoms with Gasteiger partial charge in [-0.3, -0.25) is 10.1 Å². The van der Waals surface area contributed by atoms with Gasteiger partial charge in [0.25, 0.3) is 0 Å². The second kappa shape index (κ2) is 7.38. The molecule has 0 spiro atoms. The molecule has 1 unspecified atom stereocenters. The van der Waals surface area contributed by atoms with Crippen molar-refractivity contribution in [1.29, 1.82) is 0 Å². The van der Waals surface area contributed by atoms with Crippen LogP contribution in [-0.2, 0) is 11.0 Å². The van der Waals surface area contributed by atoms with E-state index in [2.05, 4.69) is 0 Å². The van der Waals surface area contributed by atoms with E-state index >= 15 is 0 Å². The van der Waals surface area contributed by atoms with Gasteiger partial charge in [0.2, 0.25) is 5.75 Å². The molecular weight excluding hydrogens is 362 g/mol. The van der Waals surface area contributed by atoms with Crippen molar-refractivity contribution in [3.8, 4) is 11.5 Å². The lowest BCUT2D eigenvalue weighted by atomic mass is 10.2. The molecule has 0 aromatic heterocycles. The zero-order valence-electron chi connectivity index (χ0n) is 13.1. The zero-order valence-corrected chi connectivity index (χ0v) is 13.1. The summed E-state index contributed by atoms with van der Waals surface area (Å²) in [6.07, 6.45) is -6.25. The fourth-order valence-electron chi connectivity index (χ4n) is 1.95. The largest absolute Gasteiger partial charge is 0.478 e. The van der Waals surface area contributed by atoms with Crippen LogP contribution >= 0.6 is 0 Å². The molecule has 2 aromatic rings. The number of hydrogen-bond acceptors (Lipinski definition) is 5. The molecule has 0 bridgehead atoms. The summed E-state index contributed by atoms with van der Waals surface area (Å²) in [6.45, 7) is 1.10. The minimum Gasteiger partial charge on any atom is -0.478 e. The maximum Gasteiger partial charge on any atom is 0.419 e. The summed E-state index contributed by atoms with van der Waals surface area (Å²) >= 11 is 0. The van der Waals surface area contributed by atoms with Gasteiger partial charge < -0.3 is 9.47 Å². The van der Waals surface area contributed by atoms with Crippen molar-refractivity contribution in [1.82, 2.24) is 0 Å². The van der Waals surface area contributed by atoms with Crippen LogP contribution in [0.2, 0.25) is 0 Å². The molecule has 0 heterocycles. The Balaban J connectivity index is 2.20. The molecule has 0 saturated heterocycles. The third-order valence-electron chi connectivity index (χ3n) is 3.16. The van der Waals surface area contributed by atoms with E-state index in [1.807, 2.05) is 0 Å². The molecule has 6 nitrogen and oxygen atoms in total. The highest BCUT2D eigenvalue weighted by Crippen LogP contribution is 2.36.